The minimum absolute atomic E-state index is 0.0614. The maximum atomic E-state index is 13.4. The van der Waals surface area contributed by atoms with Gasteiger partial charge in [0.1, 0.15) is 12.6 Å². The molecule has 0 saturated carbocycles. The van der Waals surface area contributed by atoms with Gasteiger partial charge in [0.15, 0.2) is 0 Å². The Morgan fingerprint density at radius 1 is 1.09 bits per heavy atom. The molecule has 0 bridgehead atoms. The Balaban J connectivity index is 2.43. The summed E-state index contributed by atoms with van der Waals surface area (Å²) >= 11 is 14.2. The third-order valence-electron chi connectivity index (χ3n) is 4.76. The molecule has 0 aliphatic rings. The molecule has 2 amide bonds. The van der Waals surface area contributed by atoms with Crippen LogP contribution in [0.2, 0.25) is 10.0 Å². The summed E-state index contributed by atoms with van der Waals surface area (Å²) in [6, 6.07) is 10.9. The molecule has 0 radical (unpaired) electrons. The number of rotatable bonds is 9. The van der Waals surface area contributed by atoms with E-state index in [0.29, 0.717) is 27.7 Å². The summed E-state index contributed by atoms with van der Waals surface area (Å²) in [4.78, 5) is 27.3. The van der Waals surface area contributed by atoms with Gasteiger partial charge in [-0.05, 0) is 71.0 Å². The molecule has 11 heteroatoms. The second-order valence-electron chi connectivity index (χ2n) is 7.05. The molecule has 32 heavy (non-hydrogen) atoms. The number of hydrogen-bond donors (Lipinski definition) is 1. The maximum Gasteiger partial charge on any atom is 0.244 e. The Morgan fingerprint density at radius 2 is 1.72 bits per heavy atom. The first kappa shape index (κ1) is 26.7. The van der Waals surface area contributed by atoms with E-state index in [4.69, 9.17) is 23.2 Å². The van der Waals surface area contributed by atoms with Crippen LogP contribution in [-0.2, 0) is 26.2 Å². The van der Waals surface area contributed by atoms with Crippen LogP contribution in [0, 0.1) is 3.57 Å². The summed E-state index contributed by atoms with van der Waals surface area (Å²) in [5, 5.41) is 3.26. The largest absolute Gasteiger partial charge is 0.357 e. The van der Waals surface area contributed by atoms with Crippen molar-refractivity contribution in [1.82, 2.24) is 10.2 Å². The van der Waals surface area contributed by atoms with Crippen molar-refractivity contribution in [3.63, 3.8) is 0 Å². The number of benzene rings is 2. The quantitative estimate of drug-likeness (QED) is 0.436. The van der Waals surface area contributed by atoms with Crippen molar-refractivity contribution in [2.75, 3.05) is 24.2 Å². The number of halogens is 3. The standard InChI is InChI=1S/C21H24Cl2IN3O4S/c1-4-19(21(29)25-2)26(12-14-5-10-17(22)18(23)11-14)20(28)13-27(32(3,30)31)16-8-6-15(24)7-9-16/h5-11,19H,4,12-13H2,1-3H3,(H,25,29)/t19-/m1/s1. The number of hydrogen-bond acceptors (Lipinski definition) is 4. The highest BCUT2D eigenvalue weighted by molar-refractivity contribution is 14.1. The molecular weight excluding hydrogens is 588 g/mol. The lowest BCUT2D eigenvalue weighted by atomic mass is 10.1. The van der Waals surface area contributed by atoms with Crippen molar-refractivity contribution >= 4 is 73.3 Å². The van der Waals surface area contributed by atoms with E-state index in [0.717, 1.165) is 14.1 Å². The summed E-state index contributed by atoms with van der Waals surface area (Å²) in [5.41, 5.74) is 1.03. The van der Waals surface area contributed by atoms with E-state index in [1.165, 1.54) is 11.9 Å². The van der Waals surface area contributed by atoms with Gasteiger partial charge in [0.25, 0.3) is 0 Å². The number of amides is 2. The van der Waals surface area contributed by atoms with Gasteiger partial charge in [-0.15, -0.1) is 0 Å². The summed E-state index contributed by atoms with van der Waals surface area (Å²) in [7, 11) is -2.27. The zero-order valence-electron chi connectivity index (χ0n) is 17.8. The molecule has 0 spiro atoms. The van der Waals surface area contributed by atoms with E-state index in [2.05, 4.69) is 27.9 Å². The molecule has 1 N–H and O–H groups in total. The summed E-state index contributed by atoms with van der Waals surface area (Å²) in [6.45, 7) is 1.39. The normalized spacial score (nSPS) is 12.2. The molecule has 2 aromatic rings. The van der Waals surface area contributed by atoms with E-state index in [-0.39, 0.29) is 12.5 Å². The molecule has 1 atom stereocenters. The Hall–Kier alpha value is -1.56. The third-order valence-corrected chi connectivity index (χ3v) is 7.36. The highest BCUT2D eigenvalue weighted by atomic mass is 127. The molecule has 0 aliphatic carbocycles. The second kappa shape index (κ2) is 11.5. The van der Waals surface area contributed by atoms with E-state index in [9.17, 15) is 18.0 Å². The molecule has 0 aromatic heterocycles. The van der Waals surface area contributed by atoms with Gasteiger partial charge < -0.3 is 10.2 Å². The van der Waals surface area contributed by atoms with Crippen LogP contribution in [0.3, 0.4) is 0 Å². The minimum Gasteiger partial charge on any atom is -0.357 e. The minimum atomic E-state index is -3.76. The van der Waals surface area contributed by atoms with Crippen molar-refractivity contribution in [2.24, 2.45) is 0 Å². The third kappa shape index (κ3) is 6.97. The van der Waals surface area contributed by atoms with Crippen LogP contribution >= 0.6 is 45.8 Å². The molecule has 0 heterocycles. The molecule has 174 valence electrons. The number of anilines is 1. The second-order valence-corrected chi connectivity index (χ2v) is 11.0. The number of nitrogens with zero attached hydrogens (tertiary/aromatic N) is 2. The lowest BCUT2D eigenvalue weighted by molar-refractivity contribution is -0.140. The number of nitrogens with one attached hydrogen (secondary N) is 1. The van der Waals surface area contributed by atoms with Gasteiger partial charge in [-0.1, -0.05) is 36.2 Å². The molecule has 7 nitrogen and oxygen atoms in total. The summed E-state index contributed by atoms with van der Waals surface area (Å²) in [5.74, 6) is -0.864. The van der Waals surface area contributed by atoms with Crippen LogP contribution in [0.15, 0.2) is 42.5 Å². The molecule has 0 saturated heterocycles. The van der Waals surface area contributed by atoms with Crippen molar-refractivity contribution in [3.8, 4) is 0 Å². The van der Waals surface area contributed by atoms with Crippen LogP contribution in [0.1, 0.15) is 18.9 Å². The number of carbonyl (C=O) groups is 2. The fourth-order valence-electron chi connectivity index (χ4n) is 3.14. The van der Waals surface area contributed by atoms with E-state index < -0.39 is 28.5 Å². The Kier molecular flexibility index (Phi) is 9.62. The summed E-state index contributed by atoms with van der Waals surface area (Å²) < 4.78 is 26.9. The topological polar surface area (TPSA) is 86.8 Å². The van der Waals surface area contributed by atoms with Gasteiger partial charge in [0, 0.05) is 17.2 Å². The highest BCUT2D eigenvalue weighted by Crippen LogP contribution is 2.25. The predicted octanol–water partition coefficient (Wildman–Crippen LogP) is 3.92. The first-order chi connectivity index (χ1) is 15.0. The molecule has 0 aliphatic heterocycles. The van der Waals surface area contributed by atoms with E-state index in [1.54, 1.807) is 49.4 Å². The van der Waals surface area contributed by atoms with Crippen LogP contribution in [0.5, 0.6) is 0 Å². The number of likely N-dealkylation sites (N-methyl/N-ethyl adjacent to an activating group) is 1. The van der Waals surface area contributed by atoms with Crippen LogP contribution < -0.4 is 9.62 Å². The Labute approximate surface area is 212 Å². The van der Waals surface area contributed by atoms with Crippen molar-refractivity contribution < 1.29 is 18.0 Å². The number of sulfonamides is 1. The lowest BCUT2D eigenvalue weighted by Crippen LogP contribution is -2.51. The smallest absolute Gasteiger partial charge is 0.244 e. The average molecular weight is 612 g/mol. The lowest BCUT2D eigenvalue weighted by Gasteiger charge is -2.32. The first-order valence-corrected chi connectivity index (χ1v) is 13.3. The van der Waals surface area contributed by atoms with Gasteiger partial charge in [-0.25, -0.2) is 8.42 Å². The van der Waals surface area contributed by atoms with Gasteiger partial charge in [-0.2, -0.15) is 0 Å². The average Bonchev–Trinajstić information content (AvgIpc) is 2.74. The fraction of sp³-hybridized carbons (Fsp3) is 0.333. The van der Waals surface area contributed by atoms with Crippen molar-refractivity contribution in [1.29, 1.82) is 0 Å². The molecule has 2 rings (SSSR count). The zero-order chi connectivity index (χ0) is 24.1. The van der Waals surface area contributed by atoms with Gasteiger partial charge in [0.05, 0.1) is 22.0 Å². The Morgan fingerprint density at radius 3 is 2.22 bits per heavy atom. The molecule has 0 fully saturated rings. The predicted molar refractivity (Wildman–Crippen MR) is 137 cm³/mol. The van der Waals surface area contributed by atoms with Gasteiger partial charge in [-0.3, -0.25) is 13.9 Å². The fourth-order valence-corrected chi connectivity index (χ4v) is 4.67. The monoisotopic (exact) mass is 611 g/mol. The molecular formula is C21H24Cl2IN3O4S. The molecule has 2 aromatic carbocycles. The van der Waals surface area contributed by atoms with Gasteiger partial charge in [0.2, 0.25) is 21.8 Å². The molecule has 0 unspecified atom stereocenters. The highest BCUT2D eigenvalue weighted by Gasteiger charge is 2.31. The van der Waals surface area contributed by atoms with Crippen LogP contribution in [0.25, 0.3) is 0 Å². The van der Waals surface area contributed by atoms with E-state index in [1.807, 2.05) is 0 Å². The van der Waals surface area contributed by atoms with Crippen molar-refractivity contribution in [2.45, 2.75) is 25.9 Å². The first-order valence-electron chi connectivity index (χ1n) is 9.66. The van der Waals surface area contributed by atoms with Crippen LogP contribution in [-0.4, -0.2) is 51.0 Å². The Bertz CT molecular complexity index is 1080. The van der Waals surface area contributed by atoms with Gasteiger partial charge >= 0.3 is 0 Å². The van der Waals surface area contributed by atoms with Crippen LogP contribution in [0.4, 0.5) is 5.69 Å². The maximum absolute atomic E-state index is 13.4. The van der Waals surface area contributed by atoms with Crippen molar-refractivity contribution in [3.05, 3.63) is 61.6 Å². The summed E-state index contributed by atoms with van der Waals surface area (Å²) in [6.07, 6.45) is 1.38. The SMILES string of the molecule is CC[C@H](C(=O)NC)N(Cc1ccc(Cl)c(Cl)c1)C(=O)CN(c1ccc(I)cc1)S(C)(=O)=O. The zero-order valence-corrected chi connectivity index (χ0v) is 22.3. The number of carbonyl (C=O) groups excluding carboxylic acids is 2. The van der Waals surface area contributed by atoms with E-state index >= 15 is 0 Å².